The summed E-state index contributed by atoms with van der Waals surface area (Å²) in [6.07, 6.45) is 0.803. The zero-order valence-electron chi connectivity index (χ0n) is 6.97. The maximum absolute atomic E-state index is 11.0. The molecule has 0 aliphatic carbocycles. The van der Waals surface area contributed by atoms with Crippen molar-refractivity contribution in [3.63, 3.8) is 0 Å². The first kappa shape index (κ1) is 10.1. The van der Waals surface area contributed by atoms with Gasteiger partial charge >= 0.3 is 16.9 Å². The van der Waals surface area contributed by atoms with Crippen LogP contribution in [0.1, 0.15) is 0 Å². The monoisotopic (exact) mass is 201 g/mol. The van der Waals surface area contributed by atoms with Gasteiger partial charge in [-0.3, -0.25) is 24.5 Å². The third kappa shape index (κ3) is 1.85. The van der Waals surface area contributed by atoms with Crippen LogP contribution in [-0.4, -0.2) is 26.2 Å². The topological polar surface area (TPSA) is 118 Å². The molecule has 14 heavy (non-hydrogen) atoms. The van der Waals surface area contributed by atoms with Gasteiger partial charge in [0, 0.05) is 0 Å². The van der Waals surface area contributed by atoms with Crippen LogP contribution in [0.2, 0.25) is 0 Å². The van der Waals surface area contributed by atoms with Crippen LogP contribution < -0.4 is 11.2 Å². The summed E-state index contributed by atoms with van der Waals surface area (Å²) in [5, 5.41) is 18.8. The van der Waals surface area contributed by atoms with Gasteiger partial charge in [0.15, 0.2) is 0 Å². The van der Waals surface area contributed by atoms with Crippen molar-refractivity contribution in [1.29, 1.82) is 0 Å². The second-order valence-electron chi connectivity index (χ2n) is 2.45. The molecule has 1 aromatic rings. The van der Waals surface area contributed by atoms with Gasteiger partial charge in [-0.25, -0.2) is 4.79 Å². The third-order valence-electron chi connectivity index (χ3n) is 1.53. The number of aromatic nitrogens is 2. The van der Waals surface area contributed by atoms with Crippen molar-refractivity contribution in [2.75, 3.05) is 6.61 Å². The van der Waals surface area contributed by atoms with Crippen LogP contribution >= 0.6 is 0 Å². The van der Waals surface area contributed by atoms with Gasteiger partial charge in [-0.2, -0.15) is 0 Å². The van der Waals surface area contributed by atoms with Crippen LogP contribution in [0.5, 0.6) is 0 Å². The number of hydrogen-bond acceptors (Lipinski definition) is 5. The number of nitrogens with one attached hydrogen (secondary N) is 1. The minimum absolute atomic E-state index is 0.101. The number of hydrogen-bond donors (Lipinski definition) is 2. The van der Waals surface area contributed by atoms with Crippen LogP contribution in [0, 0.1) is 10.1 Å². The van der Waals surface area contributed by atoms with Crippen molar-refractivity contribution in [2.24, 2.45) is 0 Å². The molecular weight excluding hydrogens is 194 g/mol. The minimum Gasteiger partial charge on any atom is -0.395 e. The summed E-state index contributed by atoms with van der Waals surface area (Å²) >= 11 is 0. The van der Waals surface area contributed by atoms with Crippen molar-refractivity contribution in [3.05, 3.63) is 37.1 Å². The molecular formula is C6H7N3O5. The molecule has 1 heterocycles. The Kier molecular flexibility index (Phi) is 2.77. The van der Waals surface area contributed by atoms with Gasteiger partial charge in [-0.15, -0.1) is 0 Å². The van der Waals surface area contributed by atoms with Crippen LogP contribution in [0.25, 0.3) is 0 Å². The number of aliphatic hydroxyl groups excluding tert-OH is 1. The molecule has 0 amide bonds. The number of aromatic amines is 1. The smallest absolute Gasteiger partial charge is 0.350 e. The molecule has 0 fully saturated rings. The van der Waals surface area contributed by atoms with E-state index in [0.29, 0.717) is 0 Å². The first-order valence-electron chi connectivity index (χ1n) is 3.65. The Morgan fingerprint density at radius 2 is 2.21 bits per heavy atom. The third-order valence-corrected chi connectivity index (χ3v) is 1.53. The largest absolute Gasteiger partial charge is 0.395 e. The normalized spacial score (nSPS) is 10.1. The molecule has 0 aliphatic heterocycles. The van der Waals surface area contributed by atoms with E-state index < -0.39 is 21.9 Å². The summed E-state index contributed by atoms with van der Waals surface area (Å²) in [6.45, 7) is -0.445. The second kappa shape index (κ2) is 3.83. The van der Waals surface area contributed by atoms with Crippen molar-refractivity contribution in [3.8, 4) is 0 Å². The summed E-state index contributed by atoms with van der Waals surface area (Å²) in [7, 11) is 0. The Hall–Kier alpha value is -1.96. The summed E-state index contributed by atoms with van der Waals surface area (Å²) in [6, 6.07) is 0. The summed E-state index contributed by atoms with van der Waals surface area (Å²) in [5.41, 5.74) is -2.55. The van der Waals surface area contributed by atoms with Gasteiger partial charge in [0.1, 0.15) is 0 Å². The molecule has 0 atom stereocenters. The van der Waals surface area contributed by atoms with E-state index in [1.165, 1.54) is 0 Å². The fourth-order valence-corrected chi connectivity index (χ4v) is 0.902. The quantitative estimate of drug-likeness (QED) is 0.452. The lowest BCUT2D eigenvalue weighted by Gasteiger charge is -2.00. The Morgan fingerprint density at radius 1 is 1.57 bits per heavy atom. The predicted molar refractivity (Wildman–Crippen MR) is 45.1 cm³/mol. The number of nitrogens with zero attached hydrogens (tertiary/aromatic N) is 2. The first-order valence-corrected chi connectivity index (χ1v) is 3.65. The van der Waals surface area contributed by atoms with Crippen LogP contribution in [0.3, 0.4) is 0 Å². The van der Waals surface area contributed by atoms with Gasteiger partial charge in [0.25, 0.3) is 0 Å². The maximum Gasteiger partial charge on any atom is 0.350 e. The lowest BCUT2D eigenvalue weighted by molar-refractivity contribution is -0.386. The van der Waals surface area contributed by atoms with Crippen LogP contribution in [0.15, 0.2) is 15.8 Å². The second-order valence-corrected chi connectivity index (χ2v) is 2.45. The van der Waals surface area contributed by atoms with E-state index in [1.807, 2.05) is 0 Å². The molecule has 0 aromatic carbocycles. The van der Waals surface area contributed by atoms with Crippen LogP contribution in [-0.2, 0) is 6.54 Å². The average Bonchev–Trinajstić information content (AvgIpc) is 2.09. The molecule has 0 saturated heterocycles. The molecule has 0 saturated carbocycles. The standard InChI is InChI=1S/C6H7N3O5/c10-2-1-8-3-4(9(13)14)5(11)7-6(8)12/h3,10H,1-2H2,(H,7,11,12). The lowest BCUT2D eigenvalue weighted by Crippen LogP contribution is -2.31. The van der Waals surface area contributed by atoms with E-state index in [1.54, 1.807) is 4.98 Å². The Morgan fingerprint density at radius 3 is 2.71 bits per heavy atom. The predicted octanol–water partition coefficient (Wildman–Crippen LogP) is -1.56. The molecule has 2 N–H and O–H groups in total. The molecule has 0 unspecified atom stereocenters. The van der Waals surface area contributed by atoms with E-state index in [0.717, 1.165) is 10.8 Å². The number of aliphatic hydroxyl groups is 1. The van der Waals surface area contributed by atoms with E-state index in [9.17, 15) is 19.7 Å². The molecule has 8 nitrogen and oxygen atoms in total. The molecule has 0 aliphatic rings. The molecule has 8 heteroatoms. The van der Waals surface area contributed by atoms with Crippen molar-refractivity contribution in [1.82, 2.24) is 9.55 Å². The first-order chi connectivity index (χ1) is 6.56. The Bertz CT molecular complexity index is 459. The van der Waals surface area contributed by atoms with Gasteiger partial charge in [0.2, 0.25) is 0 Å². The Balaban J connectivity index is 3.35. The summed E-state index contributed by atoms with van der Waals surface area (Å²) in [5.74, 6) is 0. The van der Waals surface area contributed by atoms with Crippen LogP contribution in [0.4, 0.5) is 5.69 Å². The fourth-order valence-electron chi connectivity index (χ4n) is 0.902. The highest BCUT2D eigenvalue weighted by atomic mass is 16.6. The fraction of sp³-hybridized carbons (Fsp3) is 0.333. The van der Waals surface area contributed by atoms with Crippen molar-refractivity contribution in [2.45, 2.75) is 6.54 Å². The van der Waals surface area contributed by atoms with Crippen molar-refractivity contribution < 1.29 is 10.0 Å². The molecule has 0 bridgehead atoms. The zero-order chi connectivity index (χ0) is 10.7. The van der Waals surface area contributed by atoms with E-state index in [-0.39, 0.29) is 13.2 Å². The molecule has 0 radical (unpaired) electrons. The van der Waals surface area contributed by atoms with Gasteiger partial charge in [-0.1, -0.05) is 0 Å². The number of rotatable bonds is 3. The molecule has 0 spiro atoms. The highest BCUT2D eigenvalue weighted by Crippen LogP contribution is 1.97. The van der Waals surface area contributed by atoms with Gasteiger partial charge in [0.05, 0.1) is 24.3 Å². The van der Waals surface area contributed by atoms with E-state index in [2.05, 4.69) is 0 Å². The van der Waals surface area contributed by atoms with Gasteiger partial charge < -0.3 is 5.11 Å². The van der Waals surface area contributed by atoms with Crippen molar-refractivity contribution >= 4 is 5.69 Å². The summed E-state index contributed by atoms with van der Waals surface area (Å²) < 4.78 is 0.861. The molecule has 1 rings (SSSR count). The number of nitro groups is 1. The zero-order valence-corrected chi connectivity index (χ0v) is 6.97. The molecule has 76 valence electrons. The maximum atomic E-state index is 11.0. The summed E-state index contributed by atoms with van der Waals surface area (Å²) in [4.78, 5) is 33.0. The average molecular weight is 201 g/mol. The SMILES string of the molecule is O=c1[nH]c(=O)n(CCO)cc1[N+](=O)[O-]. The molecule has 1 aromatic heterocycles. The van der Waals surface area contributed by atoms with Gasteiger partial charge in [-0.05, 0) is 0 Å². The van der Waals surface area contributed by atoms with E-state index >= 15 is 0 Å². The highest BCUT2D eigenvalue weighted by Gasteiger charge is 2.14. The highest BCUT2D eigenvalue weighted by molar-refractivity contribution is 5.20. The van der Waals surface area contributed by atoms with E-state index in [4.69, 9.17) is 5.11 Å². The Labute approximate surface area is 76.6 Å². The lowest BCUT2D eigenvalue weighted by atomic mass is 10.5. The number of H-pyrrole nitrogens is 1. The minimum atomic E-state index is -1.05.